The van der Waals surface area contributed by atoms with Crippen molar-refractivity contribution in [2.45, 2.75) is 69.4 Å². The predicted molar refractivity (Wildman–Crippen MR) is 86.8 cm³/mol. The summed E-state index contributed by atoms with van der Waals surface area (Å²) in [4.78, 5) is 16.2. The maximum absolute atomic E-state index is 12.3. The molecule has 3 atom stereocenters. The molecule has 1 aromatic heterocycles. The van der Waals surface area contributed by atoms with E-state index >= 15 is 0 Å². The zero-order chi connectivity index (χ0) is 14.9. The van der Waals surface area contributed by atoms with E-state index in [1.165, 1.54) is 24.1 Å². The number of hydrogen-bond donors (Lipinski definition) is 1. The zero-order valence-electron chi connectivity index (χ0n) is 12.9. The SMILES string of the molecule is O=C(NCc1cccs1)[C@@H]1CC[C@@H]2[C@@H](CCN2C2CCC2)O1. The number of nitrogens with zero attached hydrogens (tertiary/aromatic N) is 1. The number of carbonyl (C=O) groups excluding carboxylic acids is 1. The maximum Gasteiger partial charge on any atom is 0.249 e. The molecular formula is C17H24N2O2S. The molecule has 0 unspecified atom stereocenters. The van der Waals surface area contributed by atoms with Crippen molar-refractivity contribution in [2.24, 2.45) is 0 Å². The van der Waals surface area contributed by atoms with Gasteiger partial charge in [-0.2, -0.15) is 0 Å². The number of rotatable bonds is 4. The van der Waals surface area contributed by atoms with Crippen LogP contribution in [0.25, 0.3) is 0 Å². The van der Waals surface area contributed by atoms with E-state index in [9.17, 15) is 4.79 Å². The van der Waals surface area contributed by atoms with Crippen LogP contribution in [0.3, 0.4) is 0 Å². The first-order chi connectivity index (χ1) is 10.8. The Morgan fingerprint density at radius 2 is 2.23 bits per heavy atom. The first kappa shape index (κ1) is 14.7. The number of ether oxygens (including phenoxy) is 1. The van der Waals surface area contributed by atoms with Crippen LogP contribution in [0, 0.1) is 0 Å². The number of hydrogen-bond acceptors (Lipinski definition) is 4. The van der Waals surface area contributed by atoms with Crippen molar-refractivity contribution in [3.8, 4) is 0 Å². The van der Waals surface area contributed by atoms with E-state index in [1.54, 1.807) is 11.3 Å². The molecule has 1 N–H and O–H groups in total. The minimum atomic E-state index is -0.248. The van der Waals surface area contributed by atoms with Gasteiger partial charge in [0.15, 0.2) is 0 Å². The van der Waals surface area contributed by atoms with E-state index in [2.05, 4.69) is 16.3 Å². The van der Waals surface area contributed by atoms with Crippen molar-refractivity contribution >= 4 is 17.2 Å². The highest BCUT2D eigenvalue weighted by Gasteiger charge is 2.44. The van der Waals surface area contributed by atoms with Crippen LogP contribution < -0.4 is 5.32 Å². The molecule has 120 valence electrons. The van der Waals surface area contributed by atoms with E-state index in [0.29, 0.717) is 12.6 Å². The molecule has 2 aliphatic heterocycles. The predicted octanol–water partition coefficient (Wildman–Crippen LogP) is 2.54. The first-order valence-corrected chi connectivity index (χ1v) is 9.40. The topological polar surface area (TPSA) is 41.6 Å². The second-order valence-corrected chi connectivity index (χ2v) is 7.75. The number of nitrogens with one attached hydrogen (secondary N) is 1. The van der Waals surface area contributed by atoms with Crippen molar-refractivity contribution < 1.29 is 9.53 Å². The average Bonchev–Trinajstić information content (AvgIpc) is 3.12. The van der Waals surface area contributed by atoms with E-state index < -0.39 is 0 Å². The van der Waals surface area contributed by atoms with Gasteiger partial charge < -0.3 is 10.1 Å². The minimum Gasteiger partial charge on any atom is -0.363 e. The third kappa shape index (κ3) is 2.82. The average molecular weight is 320 g/mol. The van der Waals surface area contributed by atoms with Crippen LogP contribution >= 0.6 is 11.3 Å². The summed E-state index contributed by atoms with van der Waals surface area (Å²) in [6, 6.07) is 5.42. The van der Waals surface area contributed by atoms with Gasteiger partial charge in [0.05, 0.1) is 12.6 Å². The molecule has 1 amide bonds. The molecule has 4 rings (SSSR count). The van der Waals surface area contributed by atoms with E-state index in [4.69, 9.17) is 4.74 Å². The molecule has 2 saturated heterocycles. The van der Waals surface area contributed by atoms with Crippen molar-refractivity contribution in [1.82, 2.24) is 10.2 Å². The summed E-state index contributed by atoms with van der Waals surface area (Å²) in [6.07, 6.45) is 7.18. The molecule has 0 radical (unpaired) electrons. The van der Waals surface area contributed by atoms with Crippen LogP contribution in [0.4, 0.5) is 0 Å². The van der Waals surface area contributed by atoms with Crippen molar-refractivity contribution in [2.75, 3.05) is 6.54 Å². The monoisotopic (exact) mass is 320 g/mol. The molecule has 1 saturated carbocycles. The standard InChI is InChI=1S/C17H24N2O2S/c20-17(18-11-13-5-2-10-22-13)16-7-6-14-15(21-16)8-9-19(14)12-3-1-4-12/h2,5,10,12,14-16H,1,3-4,6-9,11H2,(H,18,20)/t14-,15-,16+/m1/s1. The summed E-state index contributed by atoms with van der Waals surface area (Å²) in [5.74, 6) is 0.0638. The van der Waals surface area contributed by atoms with Crippen LogP contribution in [0.2, 0.25) is 0 Å². The lowest BCUT2D eigenvalue weighted by Gasteiger charge is -2.42. The molecule has 3 aliphatic rings. The van der Waals surface area contributed by atoms with E-state index in [0.717, 1.165) is 31.8 Å². The summed E-state index contributed by atoms with van der Waals surface area (Å²) >= 11 is 1.68. The van der Waals surface area contributed by atoms with Gasteiger partial charge in [0.1, 0.15) is 6.10 Å². The van der Waals surface area contributed by atoms with Gasteiger partial charge in [-0.15, -0.1) is 11.3 Å². The third-order valence-corrected chi connectivity index (χ3v) is 6.32. The highest BCUT2D eigenvalue weighted by Crippen LogP contribution is 2.37. The molecule has 1 aliphatic carbocycles. The fourth-order valence-electron chi connectivity index (χ4n) is 4.03. The smallest absolute Gasteiger partial charge is 0.249 e. The number of fused-ring (bicyclic) bond motifs is 1. The van der Waals surface area contributed by atoms with Crippen LogP contribution in [0.5, 0.6) is 0 Å². The summed E-state index contributed by atoms with van der Waals surface area (Å²) in [6.45, 7) is 1.78. The lowest BCUT2D eigenvalue weighted by atomic mass is 9.89. The largest absolute Gasteiger partial charge is 0.363 e. The van der Waals surface area contributed by atoms with E-state index in [-0.39, 0.29) is 18.1 Å². The molecule has 22 heavy (non-hydrogen) atoms. The van der Waals surface area contributed by atoms with Crippen molar-refractivity contribution in [1.29, 1.82) is 0 Å². The Balaban J connectivity index is 1.29. The van der Waals surface area contributed by atoms with Gasteiger partial charge in [0.25, 0.3) is 0 Å². The third-order valence-electron chi connectivity index (χ3n) is 5.44. The molecular weight excluding hydrogens is 296 g/mol. The normalized spacial score (nSPS) is 32.5. The highest BCUT2D eigenvalue weighted by molar-refractivity contribution is 7.09. The molecule has 1 aromatic rings. The van der Waals surface area contributed by atoms with Crippen LogP contribution in [0.1, 0.15) is 43.4 Å². The number of carbonyl (C=O) groups is 1. The number of likely N-dealkylation sites (tertiary alicyclic amines) is 1. The molecule has 4 nitrogen and oxygen atoms in total. The Morgan fingerprint density at radius 3 is 2.95 bits per heavy atom. The number of amides is 1. The van der Waals surface area contributed by atoms with Crippen LogP contribution in [0.15, 0.2) is 17.5 Å². The lowest BCUT2D eigenvalue weighted by Crippen LogP contribution is -2.51. The summed E-state index contributed by atoms with van der Waals surface area (Å²) in [5, 5.41) is 5.06. The molecule has 0 bridgehead atoms. The molecule has 3 heterocycles. The Hall–Kier alpha value is -0.910. The Labute approximate surface area is 135 Å². The Morgan fingerprint density at radius 1 is 1.32 bits per heavy atom. The van der Waals surface area contributed by atoms with Crippen LogP contribution in [-0.2, 0) is 16.1 Å². The molecule has 5 heteroatoms. The van der Waals surface area contributed by atoms with Gasteiger partial charge >= 0.3 is 0 Å². The molecule has 0 spiro atoms. The van der Waals surface area contributed by atoms with Crippen molar-refractivity contribution in [3.63, 3.8) is 0 Å². The Kier molecular flexibility index (Phi) is 4.20. The van der Waals surface area contributed by atoms with E-state index in [1.807, 2.05) is 11.4 Å². The first-order valence-electron chi connectivity index (χ1n) is 8.52. The highest BCUT2D eigenvalue weighted by atomic mass is 32.1. The van der Waals surface area contributed by atoms with Gasteiger partial charge in [-0.1, -0.05) is 12.5 Å². The fraction of sp³-hybridized carbons (Fsp3) is 0.706. The molecule has 0 aromatic carbocycles. The quantitative estimate of drug-likeness (QED) is 0.927. The van der Waals surface area contributed by atoms with Gasteiger partial charge in [-0.3, -0.25) is 9.69 Å². The number of thiophene rings is 1. The van der Waals surface area contributed by atoms with Gasteiger partial charge in [-0.25, -0.2) is 0 Å². The van der Waals surface area contributed by atoms with Gasteiger partial charge in [-0.05, 0) is 43.6 Å². The second-order valence-electron chi connectivity index (χ2n) is 6.72. The maximum atomic E-state index is 12.3. The summed E-state index contributed by atoms with van der Waals surface area (Å²) < 4.78 is 6.14. The summed E-state index contributed by atoms with van der Waals surface area (Å²) in [5.41, 5.74) is 0. The second kappa shape index (κ2) is 6.30. The zero-order valence-corrected chi connectivity index (χ0v) is 13.7. The van der Waals surface area contributed by atoms with Gasteiger partial charge in [0, 0.05) is 23.5 Å². The summed E-state index contributed by atoms with van der Waals surface area (Å²) in [7, 11) is 0. The minimum absolute atomic E-state index is 0.0638. The van der Waals surface area contributed by atoms with Gasteiger partial charge in [0.2, 0.25) is 5.91 Å². The Bertz CT molecular complexity index is 515. The lowest BCUT2D eigenvalue weighted by molar-refractivity contribution is -0.144. The van der Waals surface area contributed by atoms with Crippen LogP contribution in [-0.4, -0.2) is 41.6 Å². The molecule has 3 fully saturated rings. The van der Waals surface area contributed by atoms with Crippen molar-refractivity contribution in [3.05, 3.63) is 22.4 Å². The fourth-order valence-corrected chi connectivity index (χ4v) is 4.67.